The van der Waals surface area contributed by atoms with Crippen molar-refractivity contribution in [2.24, 2.45) is 3.77 Å². The van der Waals surface area contributed by atoms with Gasteiger partial charge in [0.05, 0.1) is 17.9 Å². The molecule has 1 unspecified atom stereocenters. The van der Waals surface area contributed by atoms with Gasteiger partial charge in [0.15, 0.2) is 0 Å². The van der Waals surface area contributed by atoms with Crippen LogP contribution >= 0.6 is 0 Å². The predicted molar refractivity (Wildman–Crippen MR) is 115 cm³/mol. The summed E-state index contributed by atoms with van der Waals surface area (Å²) in [6.07, 6.45) is 4.31. The highest BCUT2D eigenvalue weighted by atomic mass is 32.3. The van der Waals surface area contributed by atoms with E-state index in [1.54, 1.807) is 44.4 Å². The maximum Gasteiger partial charge on any atom is 0.256 e. The molecule has 0 aliphatic carbocycles. The maximum atomic E-state index is 11.3. The van der Waals surface area contributed by atoms with Gasteiger partial charge in [-0.1, -0.05) is 10.7 Å². The fourth-order valence-electron chi connectivity index (χ4n) is 2.06. The summed E-state index contributed by atoms with van der Waals surface area (Å²) in [4.78, 5) is 9.33. The van der Waals surface area contributed by atoms with Gasteiger partial charge in [-0.05, 0) is 56.8 Å². The van der Waals surface area contributed by atoms with Crippen LogP contribution in [0, 0.1) is 0 Å². The highest BCUT2D eigenvalue weighted by Gasteiger charge is 2.23. The van der Waals surface area contributed by atoms with Crippen molar-refractivity contribution in [2.75, 3.05) is 23.1 Å². The average Bonchev–Trinajstić information content (AvgIpc) is 2.56. The fourth-order valence-corrected chi connectivity index (χ4v) is 4.56. The van der Waals surface area contributed by atoms with Crippen LogP contribution in [0.5, 0.6) is 0 Å². The summed E-state index contributed by atoms with van der Waals surface area (Å²) in [5.41, 5.74) is 0.149. The largest absolute Gasteiger partial charge is 0.388 e. The average molecular weight is 421 g/mol. The van der Waals surface area contributed by atoms with Crippen molar-refractivity contribution >= 4 is 51.5 Å². The van der Waals surface area contributed by atoms with Crippen LogP contribution in [0.25, 0.3) is 0 Å². The number of benzene rings is 1. The number of nitrogens with one attached hydrogen (secondary N) is 2. The Morgan fingerprint density at radius 1 is 1.29 bits per heavy atom. The molecule has 2 rings (SSSR count). The molecule has 0 bridgehead atoms. The lowest BCUT2D eigenvalue weighted by Crippen LogP contribution is -2.40. The van der Waals surface area contributed by atoms with E-state index < -0.39 is 26.3 Å². The molecule has 11 heteroatoms. The van der Waals surface area contributed by atoms with Crippen LogP contribution in [-0.2, 0) is 20.7 Å². The molecule has 150 valence electrons. The molecule has 2 atom stereocenters. The second-order valence-electron chi connectivity index (χ2n) is 6.95. The Hall–Kier alpha value is -1.98. The molecule has 2 radical (unpaired) electrons. The zero-order chi connectivity index (χ0) is 21.1. The highest BCUT2D eigenvalue weighted by Crippen LogP contribution is 2.18. The first kappa shape index (κ1) is 22.3. The molecule has 3 N–H and O–H groups in total. The lowest BCUT2D eigenvalue weighted by atomic mass is 9.96. The predicted octanol–water partition coefficient (Wildman–Crippen LogP) is 1.34. The summed E-state index contributed by atoms with van der Waals surface area (Å²) in [5, 5.41) is 16.2. The molecular formula is C17H24BN5O3S2. The quantitative estimate of drug-likeness (QED) is 0.578. The van der Waals surface area contributed by atoms with Crippen LogP contribution in [0.3, 0.4) is 0 Å². The van der Waals surface area contributed by atoms with Gasteiger partial charge in [0, 0.05) is 16.8 Å². The molecule has 0 fully saturated rings. The molecule has 1 aromatic heterocycles. The first-order chi connectivity index (χ1) is 12.8. The number of rotatable bonds is 7. The van der Waals surface area contributed by atoms with E-state index in [9.17, 15) is 13.5 Å². The van der Waals surface area contributed by atoms with Crippen molar-refractivity contribution in [2.45, 2.75) is 37.3 Å². The second-order valence-corrected chi connectivity index (χ2v) is 10.4. The fraction of sp³-hybridized carbons (Fsp3) is 0.412. The minimum absolute atomic E-state index is 0.280. The Morgan fingerprint density at radius 3 is 2.43 bits per heavy atom. The van der Waals surface area contributed by atoms with Crippen molar-refractivity contribution in [3.63, 3.8) is 0 Å². The lowest BCUT2D eigenvalue weighted by Gasteiger charge is -2.27. The van der Waals surface area contributed by atoms with Gasteiger partial charge in [-0.15, -0.1) is 3.77 Å². The van der Waals surface area contributed by atoms with E-state index >= 15 is 0 Å². The molecule has 0 saturated heterocycles. The molecule has 0 amide bonds. The highest BCUT2D eigenvalue weighted by molar-refractivity contribution is 7.99. The minimum Gasteiger partial charge on any atom is -0.388 e. The standard InChI is InChI=1S/C17H24BN5O3S2/c1-11(17(2,3)24)20-15-14(18)10-19-16(22-15)21-12-6-8-13(9-7-12)27(4)23-28(5,25)26/h6-11,24H,1-5H3,(H2,19,20,21,22)/t11-,27?/m1/s1. The zero-order valence-electron chi connectivity index (χ0n) is 16.5. The third kappa shape index (κ3) is 6.57. The number of hydrogen-bond acceptors (Lipinski definition) is 7. The smallest absolute Gasteiger partial charge is 0.256 e. The van der Waals surface area contributed by atoms with Gasteiger partial charge in [-0.25, -0.2) is 13.4 Å². The maximum absolute atomic E-state index is 11.3. The summed E-state index contributed by atoms with van der Waals surface area (Å²) in [5.74, 6) is 0.759. The molecule has 2 aromatic rings. The number of sulfonamides is 1. The van der Waals surface area contributed by atoms with E-state index in [-0.39, 0.29) is 6.04 Å². The Balaban J connectivity index is 2.18. The SMILES string of the molecule is [B]c1cnc(Nc2ccc(S(C)=NS(C)(=O)=O)cc2)nc1N[C@H](C)C(C)(C)O. The zero-order valence-corrected chi connectivity index (χ0v) is 18.1. The van der Waals surface area contributed by atoms with E-state index in [1.165, 1.54) is 6.20 Å². The molecule has 0 aliphatic heterocycles. The monoisotopic (exact) mass is 421 g/mol. The van der Waals surface area contributed by atoms with Crippen molar-refractivity contribution in [1.29, 1.82) is 0 Å². The number of aliphatic hydroxyl groups is 1. The molecule has 0 spiro atoms. The minimum atomic E-state index is -3.39. The van der Waals surface area contributed by atoms with Crippen LogP contribution in [0.1, 0.15) is 20.8 Å². The number of nitrogens with zero attached hydrogens (tertiary/aromatic N) is 3. The summed E-state index contributed by atoms with van der Waals surface area (Å²) in [6, 6.07) is 6.91. The van der Waals surface area contributed by atoms with Crippen molar-refractivity contribution in [3.05, 3.63) is 30.5 Å². The third-order valence-corrected chi connectivity index (χ3v) is 6.86. The number of hydrogen-bond donors (Lipinski definition) is 3. The van der Waals surface area contributed by atoms with Crippen LogP contribution in [0.2, 0.25) is 0 Å². The molecular weight excluding hydrogens is 397 g/mol. The van der Waals surface area contributed by atoms with E-state index in [0.717, 1.165) is 16.8 Å². The summed E-state index contributed by atoms with van der Waals surface area (Å²) < 4.78 is 26.4. The van der Waals surface area contributed by atoms with Gasteiger partial charge >= 0.3 is 0 Å². The Kier molecular flexibility index (Phi) is 6.84. The molecule has 1 heterocycles. The molecule has 0 saturated carbocycles. The van der Waals surface area contributed by atoms with E-state index in [2.05, 4.69) is 24.4 Å². The normalized spacial score (nSPS) is 14.5. The Morgan fingerprint density at radius 2 is 1.89 bits per heavy atom. The summed E-state index contributed by atoms with van der Waals surface area (Å²) >= 11 is 0. The first-order valence-electron chi connectivity index (χ1n) is 8.43. The van der Waals surface area contributed by atoms with E-state index in [0.29, 0.717) is 17.2 Å². The van der Waals surface area contributed by atoms with Gasteiger partial charge in [-0.2, -0.15) is 4.98 Å². The van der Waals surface area contributed by atoms with Crippen LogP contribution in [-0.4, -0.2) is 55.5 Å². The van der Waals surface area contributed by atoms with Crippen LogP contribution in [0.15, 0.2) is 39.1 Å². The third-order valence-electron chi connectivity index (χ3n) is 3.93. The molecule has 8 nitrogen and oxygen atoms in total. The van der Waals surface area contributed by atoms with Gasteiger partial charge < -0.3 is 15.7 Å². The van der Waals surface area contributed by atoms with Crippen molar-refractivity contribution < 1.29 is 13.5 Å². The van der Waals surface area contributed by atoms with E-state index in [4.69, 9.17) is 7.85 Å². The molecule has 28 heavy (non-hydrogen) atoms. The second kappa shape index (κ2) is 8.58. The summed E-state index contributed by atoms with van der Waals surface area (Å²) in [7, 11) is 1.78. The van der Waals surface area contributed by atoms with Crippen molar-refractivity contribution in [3.8, 4) is 0 Å². The van der Waals surface area contributed by atoms with Gasteiger partial charge in [0.1, 0.15) is 13.7 Å². The van der Waals surface area contributed by atoms with E-state index in [1.807, 2.05) is 6.92 Å². The topological polar surface area (TPSA) is 117 Å². The van der Waals surface area contributed by atoms with Crippen molar-refractivity contribution in [1.82, 2.24) is 9.97 Å². The van der Waals surface area contributed by atoms with Crippen LogP contribution in [0.4, 0.5) is 17.5 Å². The number of aromatic nitrogens is 2. The first-order valence-corrected chi connectivity index (χ1v) is 11.9. The number of anilines is 3. The van der Waals surface area contributed by atoms with Gasteiger partial charge in [0.25, 0.3) is 10.0 Å². The Bertz CT molecular complexity index is 973. The van der Waals surface area contributed by atoms with Crippen LogP contribution < -0.4 is 16.1 Å². The van der Waals surface area contributed by atoms with Gasteiger partial charge in [0.2, 0.25) is 5.95 Å². The summed E-state index contributed by atoms with van der Waals surface area (Å²) in [6.45, 7) is 5.22. The Labute approximate surface area is 169 Å². The molecule has 1 aromatic carbocycles. The molecule has 0 aliphatic rings. The lowest BCUT2D eigenvalue weighted by molar-refractivity contribution is 0.0648. The van der Waals surface area contributed by atoms with Gasteiger partial charge in [-0.3, -0.25) is 0 Å².